The molecule has 1 fully saturated rings. The number of hydrogen-bond acceptors (Lipinski definition) is 8. The smallest absolute Gasteiger partial charge is 0.208 e. The van der Waals surface area contributed by atoms with Gasteiger partial charge < -0.3 is 19.3 Å². The number of nitrogens with one attached hydrogen (secondary N) is 1. The molecule has 4 rings (SSSR count). The van der Waals surface area contributed by atoms with Crippen molar-refractivity contribution >= 4 is 62.8 Å². The van der Waals surface area contributed by atoms with Crippen molar-refractivity contribution in [3.8, 4) is 0 Å². The van der Waals surface area contributed by atoms with Gasteiger partial charge in [-0.15, -0.1) is 11.3 Å². The van der Waals surface area contributed by atoms with Crippen LogP contribution < -0.4 is 5.32 Å². The fraction of sp³-hybridized carbons (Fsp3) is 0.595. The van der Waals surface area contributed by atoms with Crippen molar-refractivity contribution < 1.29 is 18.8 Å². The van der Waals surface area contributed by atoms with Gasteiger partial charge in [0.25, 0.3) is 0 Å². The van der Waals surface area contributed by atoms with Gasteiger partial charge in [0, 0.05) is 35.3 Å². The summed E-state index contributed by atoms with van der Waals surface area (Å²) in [5.74, 6) is 0.438. The number of halogens is 2. The molecule has 2 heterocycles. The number of thiophene rings is 1. The number of carbonyl (C=O) groups excluding carboxylic acids is 1. The van der Waals surface area contributed by atoms with Crippen molar-refractivity contribution in [1.29, 1.82) is 0 Å². The van der Waals surface area contributed by atoms with Gasteiger partial charge in [-0.3, -0.25) is 4.79 Å². The SMILES string of the molecule is CC(C)[Si](O[C@H]1C[C@H](Nc2ncncc2C(=O)c2cc(C(O)c3cccc(Cl)c3)c(Cl)s2)C[C@@H]1CO[Si](C)(C)C(C)(C)C)(C(C)C)C(C)C. The van der Waals surface area contributed by atoms with Gasteiger partial charge in [-0.25, -0.2) is 9.97 Å². The van der Waals surface area contributed by atoms with E-state index in [1.54, 1.807) is 36.5 Å². The molecular weight excluding hydrogens is 710 g/mol. The second-order valence-electron chi connectivity index (χ2n) is 16.0. The van der Waals surface area contributed by atoms with E-state index in [-0.39, 0.29) is 28.9 Å². The van der Waals surface area contributed by atoms with Gasteiger partial charge in [0.1, 0.15) is 18.2 Å². The van der Waals surface area contributed by atoms with Crippen LogP contribution in [0.3, 0.4) is 0 Å². The number of rotatable bonds is 14. The molecule has 3 aromatic rings. The third-order valence-electron chi connectivity index (χ3n) is 10.9. The number of ketones is 1. The van der Waals surface area contributed by atoms with Crippen LogP contribution in [0.4, 0.5) is 5.82 Å². The minimum absolute atomic E-state index is 0.0322. The average molecular weight is 765 g/mol. The Kier molecular flexibility index (Phi) is 13.1. The summed E-state index contributed by atoms with van der Waals surface area (Å²) in [6.07, 6.45) is 3.67. The Morgan fingerprint density at radius 1 is 1.06 bits per heavy atom. The van der Waals surface area contributed by atoms with E-state index in [0.29, 0.717) is 60.0 Å². The molecule has 1 aromatic carbocycles. The van der Waals surface area contributed by atoms with Crippen LogP contribution in [0.2, 0.25) is 44.1 Å². The lowest BCUT2D eigenvalue weighted by Crippen LogP contribution is -2.51. The molecule has 1 aliphatic rings. The van der Waals surface area contributed by atoms with Crippen molar-refractivity contribution in [3.05, 3.63) is 73.8 Å². The van der Waals surface area contributed by atoms with Crippen LogP contribution in [-0.4, -0.2) is 56.2 Å². The molecule has 1 aliphatic carbocycles. The van der Waals surface area contributed by atoms with Gasteiger partial charge in [-0.05, 0) is 71.4 Å². The molecule has 7 nitrogen and oxygen atoms in total. The quantitative estimate of drug-likeness (QED) is 0.125. The normalized spacial score (nSPS) is 19.7. The predicted octanol–water partition coefficient (Wildman–Crippen LogP) is 10.9. The molecule has 0 amide bonds. The van der Waals surface area contributed by atoms with E-state index in [1.165, 1.54) is 6.33 Å². The van der Waals surface area contributed by atoms with Crippen LogP contribution in [0, 0.1) is 5.92 Å². The highest BCUT2D eigenvalue weighted by molar-refractivity contribution is 7.18. The van der Waals surface area contributed by atoms with E-state index in [4.69, 9.17) is 32.1 Å². The van der Waals surface area contributed by atoms with Gasteiger partial charge in [-0.2, -0.15) is 0 Å². The maximum Gasteiger partial charge on any atom is 0.208 e. The summed E-state index contributed by atoms with van der Waals surface area (Å²) in [4.78, 5) is 23.1. The standard InChI is InChI=1S/C37H55Cl2N3O4SSi2/c1-22(2)49(23(3)4,24(5)6)46-31-17-28(16-26(31)20-45-48(10,11)37(7,8)9)42-36-30(19-40-21-41-36)34(44)32-18-29(35(39)47-32)33(43)25-13-12-14-27(38)15-25/h12-15,18-19,21-24,26,28,31,33,43H,16-17,20H2,1-11H3,(H,40,41,42)/t26-,28-,31+,33?/m1/s1. The van der Waals surface area contributed by atoms with E-state index in [0.717, 1.165) is 24.2 Å². The zero-order chi connectivity index (χ0) is 36.5. The first kappa shape index (κ1) is 40.1. The second-order valence-corrected chi connectivity index (χ2v) is 28.3. The number of aromatic nitrogens is 2. The minimum atomic E-state index is -2.17. The molecule has 2 N–H and O–H groups in total. The van der Waals surface area contributed by atoms with Crippen molar-refractivity contribution in [2.45, 2.75) is 128 Å². The van der Waals surface area contributed by atoms with Crippen molar-refractivity contribution in [2.24, 2.45) is 5.92 Å². The van der Waals surface area contributed by atoms with Crippen LogP contribution in [0.1, 0.15) is 108 Å². The number of aliphatic hydroxyl groups is 1. The Balaban J connectivity index is 1.60. The Morgan fingerprint density at radius 3 is 2.31 bits per heavy atom. The maximum absolute atomic E-state index is 14.0. The lowest BCUT2D eigenvalue weighted by atomic mass is 10.0. The first-order valence-corrected chi connectivity index (χ1v) is 24.1. The number of carbonyl (C=O) groups is 1. The molecule has 4 atom stereocenters. The van der Waals surface area contributed by atoms with Gasteiger partial charge in [0.15, 0.2) is 8.32 Å². The third-order valence-corrected chi connectivity index (χ3v) is 23.1. The second kappa shape index (κ2) is 15.9. The molecule has 270 valence electrons. The number of anilines is 1. The molecule has 0 aliphatic heterocycles. The zero-order valence-electron chi connectivity index (χ0n) is 30.9. The number of nitrogens with zero attached hydrogens (tertiary/aromatic N) is 2. The summed E-state index contributed by atoms with van der Waals surface area (Å²) in [6.45, 7) is 26.0. The van der Waals surface area contributed by atoms with E-state index in [2.05, 4.69) is 90.7 Å². The molecule has 0 bridgehead atoms. The lowest BCUT2D eigenvalue weighted by Gasteiger charge is -2.45. The fourth-order valence-electron chi connectivity index (χ4n) is 7.20. The molecule has 12 heteroatoms. The van der Waals surface area contributed by atoms with Crippen LogP contribution in [0.5, 0.6) is 0 Å². The van der Waals surface area contributed by atoms with E-state index in [1.807, 2.05) is 0 Å². The number of hydrogen-bond donors (Lipinski definition) is 2. The van der Waals surface area contributed by atoms with Crippen LogP contribution in [-0.2, 0) is 8.85 Å². The molecule has 1 saturated carbocycles. The molecular formula is C37H55Cl2N3O4SSi2. The van der Waals surface area contributed by atoms with Crippen molar-refractivity contribution in [1.82, 2.24) is 9.97 Å². The average Bonchev–Trinajstić information content (AvgIpc) is 3.59. The predicted molar refractivity (Wildman–Crippen MR) is 210 cm³/mol. The summed E-state index contributed by atoms with van der Waals surface area (Å²) in [7, 11) is -4.15. The minimum Gasteiger partial charge on any atom is -0.416 e. The van der Waals surface area contributed by atoms with Crippen LogP contribution >= 0.6 is 34.5 Å². The lowest BCUT2D eigenvalue weighted by molar-refractivity contribution is 0.0971. The Bertz CT molecular complexity index is 1570. The summed E-state index contributed by atoms with van der Waals surface area (Å²) < 4.78 is 14.6. The molecule has 1 unspecified atom stereocenters. The fourth-order valence-corrected chi connectivity index (χ4v) is 15.4. The summed E-state index contributed by atoms with van der Waals surface area (Å²) in [5, 5.41) is 15.3. The van der Waals surface area contributed by atoms with E-state index < -0.39 is 22.7 Å². The molecule has 0 saturated heterocycles. The third kappa shape index (κ3) is 8.88. The van der Waals surface area contributed by atoms with Gasteiger partial charge in [0.2, 0.25) is 14.1 Å². The highest BCUT2D eigenvalue weighted by Crippen LogP contribution is 2.47. The van der Waals surface area contributed by atoms with Crippen LogP contribution in [0.25, 0.3) is 0 Å². The largest absolute Gasteiger partial charge is 0.416 e. The molecule has 0 radical (unpaired) electrons. The molecule has 49 heavy (non-hydrogen) atoms. The number of benzene rings is 1. The van der Waals surface area contributed by atoms with E-state index >= 15 is 0 Å². The summed E-state index contributed by atoms with van der Waals surface area (Å²) in [5.41, 5.74) is 2.81. The topological polar surface area (TPSA) is 93.6 Å². The monoisotopic (exact) mass is 763 g/mol. The van der Waals surface area contributed by atoms with E-state index in [9.17, 15) is 9.90 Å². The first-order valence-electron chi connectivity index (χ1n) is 17.4. The van der Waals surface area contributed by atoms with Gasteiger partial charge in [0.05, 0.1) is 20.9 Å². The van der Waals surface area contributed by atoms with Gasteiger partial charge in [-0.1, -0.05) is 97.6 Å². The molecule has 2 aromatic heterocycles. The maximum atomic E-state index is 14.0. The summed E-state index contributed by atoms with van der Waals surface area (Å²) in [6, 6.07) is 8.66. The van der Waals surface area contributed by atoms with Gasteiger partial charge >= 0.3 is 0 Å². The number of aliphatic hydroxyl groups excluding tert-OH is 1. The van der Waals surface area contributed by atoms with Crippen molar-refractivity contribution in [3.63, 3.8) is 0 Å². The van der Waals surface area contributed by atoms with Crippen LogP contribution in [0.15, 0.2) is 42.9 Å². The zero-order valence-corrected chi connectivity index (χ0v) is 35.3. The highest BCUT2D eigenvalue weighted by Gasteiger charge is 2.50. The Morgan fingerprint density at radius 2 is 1.71 bits per heavy atom. The molecule has 0 spiro atoms. The van der Waals surface area contributed by atoms with Crippen molar-refractivity contribution in [2.75, 3.05) is 11.9 Å². The Hall–Kier alpha value is -1.64. The first-order chi connectivity index (χ1) is 22.8. The highest BCUT2D eigenvalue weighted by atomic mass is 35.5. The Labute approximate surface area is 309 Å². The summed E-state index contributed by atoms with van der Waals surface area (Å²) >= 11 is 13.9.